The fourth-order valence-corrected chi connectivity index (χ4v) is 5.24. The third-order valence-corrected chi connectivity index (χ3v) is 6.69. The van der Waals surface area contributed by atoms with Crippen molar-refractivity contribution in [2.75, 3.05) is 5.75 Å². The van der Waals surface area contributed by atoms with Gasteiger partial charge >= 0.3 is 0 Å². The molecule has 17 heavy (non-hydrogen) atoms. The molecule has 0 fully saturated rings. The van der Waals surface area contributed by atoms with Crippen molar-refractivity contribution in [3.8, 4) is 0 Å². The SMILES string of the molecule is Cc1ccc(CSSSCC2CC=CO2)cc1. The molecule has 1 unspecified atom stereocenters. The topological polar surface area (TPSA) is 9.23 Å². The van der Waals surface area contributed by atoms with Crippen LogP contribution in [-0.4, -0.2) is 11.9 Å². The van der Waals surface area contributed by atoms with Gasteiger partial charge in [0.15, 0.2) is 0 Å². The van der Waals surface area contributed by atoms with E-state index in [-0.39, 0.29) is 0 Å². The van der Waals surface area contributed by atoms with Crippen molar-refractivity contribution in [1.29, 1.82) is 0 Å². The Kier molecular flexibility index (Phi) is 5.68. The highest BCUT2D eigenvalue weighted by Crippen LogP contribution is 2.38. The van der Waals surface area contributed by atoms with Crippen molar-refractivity contribution < 1.29 is 4.74 Å². The molecule has 92 valence electrons. The Labute approximate surface area is 115 Å². The van der Waals surface area contributed by atoms with Gasteiger partial charge in [-0.3, -0.25) is 0 Å². The molecule has 0 bridgehead atoms. The van der Waals surface area contributed by atoms with Gasteiger partial charge in [0.25, 0.3) is 0 Å². The quantitative estimate of drug-likeness (QED) is 0.546. The molecule has 1 aliphatic rings. The summed E-state index contributed by atoms with van der Waals surface area (Å²) in [5.74, 6) is 2.14. The van der Waals surface area contributed by atoms with E-state index in [1.807, 2.05) is 37.7 Å². The van der Waals surface area contributed by atoms with E-state index in [2.05, 4.69) is 37.3 Å². The van der Waals surface area contributed by atoms with Crippen LogP contribution in [0.5, 0.6) is 0 Å². The predicted octanol–water partition coefficient (Wildman–Crippen LogP) is 4.83. The van der Waals surface area contributed by atoms with Crippen LogP contribution in [0.25, 0.3) is 0 Å². The Balaban J connectivity index is 1.55. The van der Waals surface area contributed by atoms with E-state index >= 15 is 0 Å². The zero-order valence-corrected chi connectivity index (χ0v) is 12.2. The molecule has 0 saturated heterocycles. The highest BCUT2D eigenvalue weighted by Gasteiger charge is 2.10. The number of aryl methyl sites for hydroxylation is 1. The lowest BCUT2D eigenvalue weighted by atomic mass is 10.2. The second-order valence-electron chi connectivity index (χ2n) is 3.97. The lowest BCUT2D eigenvalue weighted by molar-refractivity contribution is 0.193. The summed E-state index contributed by atoms with van der Waals surface area (Å²) in [7, 11) is 5.65. The number of rotatable bonds is 6. The van der Waals surface area contributed by atoms with Crippen LogP contribution in [-0.2, 0) is 10.5 Å². The molecular weight excluding hydrogens is 268 g/mol. The number of ether oxygens (including phenoxy) is 1. The Hall–Kier alpha value is -0.190. The molecule has 1 atom stereocenters. The van der Waals surface area contributed by atoms with Gasteiger partial charge in [-0.2, -0.15) is 0 Å². The summed E-state index contributed by atoms with van der Waals surface area (Å²) in [5, 5.41) is 0. The zero-order valence-electron chi connectivity index (χ0n) is 9.80. The van der Waals surface area contributed by atoms with E-state index < -0.39 is 0 Å². The summed E-state index contributed by atoms with van der Waals surface area (Å²) in [4.78, 5) is 0. The molecule has 1 aromatic rings. The van der Waals surface area contributed by atoms with E-state index in [0.717, 1.165) is 17.9 Å². The van der Waals surface area contributed by atoms with Crippen LogP contribution in [0.15, 0.2) is 36.6 Å². The molecule has 0 N–H and O–H groups in total. The minimum absolute atomic E-state index is 0.396. The highest BCUT2D eigenvalue weighted by molar-refractivity contribution is 9.09. The summed E-state index contributed by atoms with van der Waals surface area (Å²) in [6, 6.07) is 8.76. The summed E-state index contributed by atoms with van der Waals surface area (Å²) in [5.41, 5.74) is 2.72. The smallest absolute Gasteiger partial charge is 0.111 e. The van der Waals surface area contributed by atoms with Crippen molar-refractivity contribution >= 4 is 31.4 Å². The van der Waals surface area contributed by atoms with Gasteiger partial charge in [-0.15, -0.1) is 0 Å². The van der Waals surface area contributed by atoms with Gasteiger partial charge in [-0.05, 0) is 28.4 Å². The fourth-order valence-electron chi connectivity index (χ4n) is 1.45. The Bertz CT molecular complexity index is 353. The maximum atomic E-state index is 5.41. The summed E-state index contributed by atoms with van der Waals surface area (Å²) < 4.78 is 5.41. The fraction of sp³-hybridized carbons (Fsp3) is 0.385. The third-order valence-electron chi connectivity index (χ3n) is 2.46. The van der Waals surface area contributed by atoms with Crippen molar-refractivity contribution in [2.45, 2.75) is 25.2 Å². The zero-order chi connectivity index (χ0) is 11.9. The van der Waals surface area contributed by atoms with Gasteiger partial charge in [0.1, 0.15) is 6.10 Å². The summed E-state index contributed by atoms with van der Waals surface area (Å²) in [6.07, 6.45) is 5.37. The van der Waals surface area contributed by atoms with Crippen LogP contribution in [0.4, 0.5) is 0 Å². The largest absolute Gasteiger partial charge is 0.497 e. The summed E-state index contributed by atoms with van der Waals surface area (Å²) >= 11 is 0. The maximum absolute atomic E-state index is 5.41. The molecule has 1 aliphatic heterocycles. The Morgan fingerprint density at radius 1 is 1.24 bits per heavy atom. The lowest BCUT2D eigenvalue weighted by Crippen LogP contribution is -2.06. The first-order valence-corrected chi connectivity index (χ1v) is 9.44. The van der Waals surface area contributed by atoms with Crippen LogP contribution >= 0.6 is 31.4 Å². The number of hydrogen-bond acceptors (Lipinski definition) is 4. The van der Waals surface area contributed by atoms with Crippen LogP contribution in [0, 0.1) is 6.92 Å². The summed E-state index contributed by atoms with van der Waals surface area (Å²) in [6.45, 7) is 2.12. The third kappa shape index (κ3) is 4.90. The molecule has 1 nitrogen and oxygen atoms in total. The minimum Gasteiger partial charge on any atom is -0.497 e. The van der Waals surface area contributed by atoms with Gasteiger partial charge in [0, 0.05) is 17.9 Å². The molecule has 0 spiro atoms. The van der Waals surface area contributed by atoms with Crippen LogP contribution in [0.2, 0.25) is 0 Å². The molecule has 0 amide bonds. The average Bonchev–Trinajstić information content (AvgIpc) is 2.84. The van der Waals surface area contributed by atoms with E-state index in [1.54, 1.807) is 0 Å². The maximum Gasteiger partial charge on any atom is 0.111 e. The molecule has 1 aromatic carbocycles. The lowest BCUT2D eigenvalue weighted by Gasteiger charge is -2.08. The van der Waals surface area contributed by atoms with Crippen LogP contribution in [0.3, 0.4) is 0 Å². The first kappa shape index (κ1) is 13.2. The van der Waals surface area contributed by atoms with Gasteiger partial charge < -0.3 is 4.74 Å². The average molecular weight is 284 g/mol. The highest BCUT2D eigenvalue weighted by atomic mass is 33.5. The van der Waals surface area contributed by atoms with Crippen molar-refractivity contribution in [3.05, 3.63) is 47.7 Å². The number of benzene rings is 1. The molecule has 0 aliphatic carbocycles. The van der Waals surface area contributed by atoms with Crippen molar-refractivity contribution in [2.24, 2.45) is 0 Å². The molecule has 0 aromatic heterocycles. The normalized spacial score (nSPS) is 18.3. The number of hydrogen-bond donors (Lipinski definition) is 0. The van der Waals surface area contributed by atoms with E-state index in [4.69, 9.17) is 4.74 Å². The first-order valence-electron chi connectivity index (χ1n) is 5.62. The standard InChI is InChI=1S/C13H16OS3/c1-11-4-6-12(7-5-11)9-15-17-16-10-13-3-2-8-14-13/h2,4-8,13H,3,9-10H2,1H3. The van der Waals surface area contributed by atoms with Crippen molar-refractivity contribution in [3.63, 3.8) is 0 Å². The van der Waals surface area contributed by atoms with Crippen LogP contribution in [0.1, 0.15) is 17.5 Å². The predicted molar refractivity (Wildman–Crippen MR) is 81.2 cm³/mol. The molecule has 0 radical (unpaired) electrons. The molecule has 4 heteroatoms. The second kappa shape index (κ2) is 7.29. The Morgan fingerprint density at radius 2 is 2.06 bits per heavy atom. The first-order chi connectivity index (χ1) is 8.34. The Morgan fingerprint density at radius 3 is 2.76 bits per heavy atom. The van der Waals surface area contributed by atoms with Gasteiger partial charge in [-0.1, -0.05) is 51.4 Å². The van der Waals surface area contributed by atoms with Gasteiger partial charge in [-0.25, -0.2) is 0 Å². The van der Waals surface area contributed by atoms with Crippen LogP contribution < -0.4 is 0 Å². The minimum atomic E-state index is 0.396. The van der Waals surface area contributed by atoms with E-state index in [0.29, 0.717) is 6.10 Å². The van der Waals surface area contributed by atoms with E-state index in [9.17, 15) is 0 Å². The molecular formula is C13H16OS3. The van der Waals surface area contributed by atoms with Gasteiger partial charge in [0.2, 0.25) is 0 Å². The van der Waals surface area contributed by atoms with Gasteiger partial charge in [0.05, 0.1) is 6.26 Å². The van der Waals surface area contributed by atoms with Crippen molar-refractivity contribution in [1.82, 2.24) is 0 Å². The second-order valence-corrected chi connectivity index (χ2v) is 8.24. The molecule has 2 rings (SSSR count). The molecule has 0 saturated carbocycles. The molecule has 1 heterocycles. The monoisotopic (exact) mass is 284 g/mol. The van der Waals surface area contributed by atoms with E-state index in [1.165, 1.54) is 11.1 Å².